The summed E-state index contributed by atoms with van der Waals surface area (Å²) in [4.78, 5) is 20.0. The van der Waals surface area contributed by atoms with E-state index in [-0.39, 0.29) is 0 Å². The van der Waals surface area contributed by atoms with Gasteiger partial charge in [-0.2, -0.15) is 0 Å². The lowest BCUT2D eigenvalue weighted by atomic mass is 9.96. The van der Waals surface area contributed by atoms with Gasteiger partial charge in [-0.1, -0.05) is 133 Å². The van der Waals surface area contributed by atoms with E-state index < -0.39 is 0 Å². The summed E-state index contributed by atoms with van der Waals surface area (Å²) in [7, 11) is 0. The third-order valence-corrected chi connectivity index (χ3v) is 12.5. The summed E-state index contributed by atoms with van der Waals surface area (Å²) in [6, 6.07) is 78.9. The predicted molar refractivity (Wildman–Crippen MR) is 274 cm³/mol. The van der Waals surface area contributed by atoms with Crippen LogP contribution in [-0.2, 0) is 0 Å². The molecular weight excluding hydrogens is 805 g/mol. The van der Waals surface area contributed by atoms with Crippen molar-refractivity contribution in [2.45, 2.75) is 20.8 Å². The topological polar surface area (TPSA) is 50.1 Å². The summed E-state index contributed by atoms with van der Waals surface area (Å²) in [5, 5.41) is 2.31. The van der Waals surface area contributed by atoms with Gasteiger partial charge in [0.15, 0.2) is 17.5 Å². The highest BCUT2D eigenvalue weighted by atomic mass is 15.2. The normalized spacial score (nSPS) is 11.3. The molecule has 316 valence electrons. The summed E-state index contributed by atoms with van der Waals surface area (Å²) in [5.74, 6) is 1.94. The second-order valence-electron chi connectivity index (χ2n) is 16.6. The van der Waals surface area contributed by atoms with Gasteiger partial charge in [0.2, 0.25) is 0 Å². The van der Waals surface area contributed by atoms with E-state index in [0.717, 1.165) is 95.0 Å². The number of rotatable bonds is 10. The van der Waals surface area contributed by atoms with E-state index >= 15 is 0 Å². The second kappa shape index (κ2) is 17.2. The molecule has 0 N–H and O–H groups in total. The van der Waals surface area contributed by atoms with E-state index in [9.17, 15) is 0 Å². The Bertz CT molecular complexity index is 3210. The molecule has 9 aromatic carbocycles. The van der Waals surface area contributed by atoms with Crippen molar-refractivity contribution in [1.82, 2.24) is 19.5 Å². The maximum Gasteiger partial charge on any atom is 0.164 e. The van der Waals surface area contributed by atoms with Crippen LogP contribution in [0.5, 0.6) is 0 Å². The van der Waals surface area contributed by atoms with Crippen LogP contribution < -0.4 is 9.80 Å². The van der Waals surface area contributed by atoms with Crippen LogP contribution in [0.25, 0.3) is 61.7 Å². The number of nitrogens with zero attached hydrogens (tertiary/aromatic N) is 6. The fourth-order valence-electron chi connectivity index (χ4n) is 9.29. The molecule has 0 unspecified atom stereocenters. The zero-order valence-corrected chi connectivity index (χ0v) is 37.0. The van der Waals surface area contributed by atoms with Crippen LogP contribution in [-0.4, -0.2) is 19.5 Å². The van der Waals surface area contributed by atoms with Crippen molar-refractivity contribution in [1.29, 1.82) is 0 Å². The van der Waals surface area contributed by atoms with Crippen molar-refractivity contribution in [3.05, 3.63) is 241 Å². The largest absolute Gasteiger partial charge is 0.310 e. The van der Waals surface area contributed by atoms with Gasteiger partial charge in [0.25, 0.3) is 0 Å². The summed E-state index contributed by atoms with van der Waals surface area (Å²) in [6.07, 6.45) is 0. The Morgan fingerprint density at radius 3 is 1.06 bits per heavy atom. The van der Waals surface area contributed by atoms with E-state index in [2.05, 4.69) is 223 Å². The zero-order chi connectivity index (χ0) is 44.6. The summed E-state index contributed by atoms with van der Waals surface area (Å²) in [5.41, 5.74) is 16.2. The molecule has 0 saturated heterocycles. The number of benzene rings is 9. The number of anilines is 6. The first-order valence-corrected chi connectivity index (χ1v) is 22.4. The second-order valence-corrected chi connectivity index (χ2v) is 16.6. The standard InChI is InChI=1S/C60H46N6/c1-41-38-52(60-62-58(44-22-10-4-11-23-44)61-59(63-60)45-24-12-5-13-25-45)42(2)43(3)57(41)66-55-36-34-50(64(46-26-14-6-15-27-46)47-28-16-7-17-29-47)39-53(55)54-40-51(35-37-56(54)66)65(48-30-18-8-19-31-48)49-32-20-9-21-33-49/h4-40H,1-3H3. The highest BCUT2D eigenvalue weighted by Gasteiger charge is 2.24. The molecule has 6 nitrogen and oxygen atoms in total. The Labute approximate surface area is 385 Å². The molecule has 0 radical (unpaired) electrons. The molecule has 11 aromatic rings. The van der Waals surface area contributed by atoms with Crippen LogP contribution in [0.2, 0.25) is 0 Å². The number of aromatic nitrogens is 4. The van der Waals surface area contributed by atoms with E-state index in [0.29, 0.717) is 17.5 Å². The molecule has 2 heterocycles. The van der Waals surface area contributed by atoms with Crippen molar-refractivity contribution in [2.75, 3.05) is 9.80 Å². The average Bonchev–Trinajstić information content (AvgIpc) is 3.69. The molecule has 0 amide bonds. The van der Waals surface area contributed by atoms with Crippen LogP contribution in [0.15, 0.2) is 224 Å². The number of aryl methyl sites for hydroxylation is 1. The molecule has 0 aliphatic carbocycles. The van der Waals surface area contributed by atoms with Gasteiger partial charge in [-0.15, -0.1) is 0 Å². The number of hydrogen-bond donors (Lipinski definition) is 0. The molecule has 0 saturated carbocycles. The Balaban J connectivity index is 1.14. The van der Waals surface area contributed by atoms with Gasteiger partial charge >= 0.3 is 0 Å². The smallest absolute Gasteiger partial charge is 0.164 e. The summed E-state index contributed by atoms with van der Waals surface area (Å²) >= 11 is 0. The van der Waals surface area contributed by atoms with E-state index in [1.165, 1.54) is 0 Å². The van der Waals surface area contributed by atoms with E-state index in [1.54, 1.807) is 0 Å². The highest BCUT2D eigenvalue weighted by molar-refractivity contribution is 6.12. The zero-order valence-electron chi connectivity index (χ0n) is 37.0. The average molecular weight is 851 g/mol. The molecule has 0 bridgehead atoms. The number of hydrogen-bond acceptors (Lipinski definition) is 5. The monoisotopic (exact) mass is 850 g/mol. The Morgan fingerprint density at radius 1 is 0.333 bits per heavy atom. The molecule has 0 aliphatic rings. The number of para-hydroxylation sites is 4. The fourth-order valence-corrected chi connectivity index (χ4v) is 9.29. The first kappa shape index (κ1) is 40.2. The van der Waals surface area contributed by atoms with Crippen LogP contribution in [0, 0.1) is 20.8 Å². The first-order valence-electron chi connectivity index (χ1n) is 22.4. The lowest BCUT2D eigenvalue weighted by molar-refractivity contribution is 1.06. The third-order valence-electron chi connectivity index (χ3n) is 12.5. The van der Waals surface area contributed by atoms with Gasteiger partial charge in [0.05, 0.1) is 16.7 Å². The lowest BCUT2D eigenvalue weighted by Gasteiger charge is -2.26. The maximum atomic E-state index is 5.15. The van der Waals surface area contributed by atoms with Crippen LogP contribution in [0.4, 0.5) is 34.1 Å². The Hall–Kier alpha value is -8.61. The molecule has 2 aromatic heterocycles. The van der Waals surface area contributed by atoms with E-state index in [4.69, 9.17) is 15.0 Å². The SMILES string of the molecule is Cc1cc(-c2nc(-c3ccccc3)nc(-c3ccccc3)n2)c(C)c(C)c1-n1c2ccc(N(c3ccccc3)c3ccccc3)cc2c2cc(N(c3ccccc3)c3ccccc3)ccc21. The molecule has 0 aliphatic heterocycles. The molecule has 6 heteroatoms. The maximum absolute atomic E-state index is 5.15. The van der Waals surface area contributed by atoms with Crippen LogP contribution in [0.3, 0.4) is 0 Å². The van der Waals surface area contributed by atoms with Crippen molar-refractivity contribution in [3.63, 3.8) is 0 Å². The summed E-state index contributed by atoms with van der Waals surface area (Å²) in [6.45, 7) is 6.64. The van der Waals surface area contributed by atoms with Crippen molar-refractivity contribution < 1.29 is 0 Å². The van der Waals surface area contributed by atoms with Crippen LogP contribution >= 0.6 is 0 Å². The van der Waals surface area contributed by atoms with Gasteiger partial charge in [0, 0.05) is 61.6 Å². The molecule has 0 spiro atoms. The Morgan fingerprint density at radius 2 is 0.682 bits per heavy atom. The molecular formula is C60H46N6. The minimum absolute atomic E-state index is 0.646. The predicted octanol–water partition coefficient (Wildman–Crippen LogP) is 15.8. The molecule has 11 rings (SSSR count). The quantitative estimate of drug-likeness (QED) is 0.137. The van der Waals surface area contributed by atoms with Crippen molar-refractivity contribution >= 4 is 55.9 Å². The lowest BCUT2D eigenvalue weighted by Crippen LogP contribution is -2.09. The summed E-state index contributed by atoms with van der Waals surface area (Å²) < 4.78 is 2.46. The highest BCUT2D eigenvalue weighted by Crippen LogP contribution is 2.44. The first-order chi connectivity index (χ1) is 32.5. The minimum Gasteiger partial charge on any atom is -0.310 e. The van der Waals surface area contributed by atoms with Gasteiger partial charge < -0.3 is 14.4 Å². The van der Waals surface area contributed by atoms with Gasteiger partial charge in [-0.25, -0.2) is 15.0 Å². The minimum atomic E-state index is 0.646. The van der Waals surface area contributed by atoms with Gasteiger partial charge in [-0.3, -0.25) is 0 Å². The molecule has 0 fully saturated rings. The molecule has 66 heavy (non-hydrogen) atoms. The van der Waals surface area contributed by atoms with E-state index in [1.807, 2.05) is 36.4 Å². The van der Waals surface area contributed by atoms with Crippen LogP contribution in [0.1, 0.15) is 16.7 Å². The van der Waals surface area contributed by atoms with Gasteiger partial charge in [-0.05, 0) is 128 Å². The van der Waals surface area contributed by atoms with Gasteiger partial charge in [0.1, 0.15) is 0 Å². The molecule has 0 atom stereocenters. The van der Waals surface area contributed by atoms with Crippen molar-refractivity contribution in [2.24, 2.45) is 0 Å². The fraction of sp³-hybridized carbons (Fsp3) is 0.0500. The number of fused-ring (bicyclic) bond motifs is 3. The Kier molecular flexibility index (Phi) is 10.5. The van der Waals surface area contributed by atoms with Crippen molar-refractivity contribution in [3.8, 4) is 39.9 Å². The third kappa shape index (κ3) is 7.34.